The van der Waals surface area contributed by atoms with E-state index in [1.165, 1.54) is 5.56 Å². The van der Waals surface area contributed by atoms with Crippen molar-refractivity contribution >= 4 is 17.0 Å². The molecule has 1 aromatic rings. The number of benzene rings is 1. The Morgan fingerprint density at radius 1 is 1.23 bits per heavy atom. The molecule has 0 aromatic heterocycles. The molecule has 26 heavy (non-hydrogen) atoms. The normalized spacial score (nSPS) is 23.5. The van der Waals surface area contributed by atoms with E-state index < -0.39 is 11.0 Å². The Balaban J connectivity index is 2.19. The van der Waals surface area contributed by atoms with Crippen LogP contribution in [0.4, 0.5) is 0 Å². The number of hydrogen-bond donors (Lipinski definition) is 1. The second-order valence-corrected chi connectivity index (χ2v) is 10.5. The van der Waals surface area contributed by atoms with E-state index in [1.54, 1.807) is 0 Å². The van der Waals surface area contributed by atoms with Gasteiger partial charge in [-0.1, -0.05) is 44.2 Å². The number of rotatable bonds is 7. The van der Waals surface area contributed by atoms with Crippen molar-refractivity contribution in [3.05, 3.63) is 35.9 Å². The molecular formula is C21H33NO3S. The number of esters is 1. The van der Waals surface area contributed by atoms with Crippen LogP contribution in [0.25, 0.3) is 0 Å². The van der Waals surface area contributed by atoms with Crippen LogP contribution in [0.1, 0.15) is 59.4 Å². The summed E-state index contributed by atoms with van der Waals surface area (Å²) in [7, 11) is -1.21. The minimum Gasteiger partial charge on any atom is -0.460 e. The van der Waals surface area contributed by atoms with Crippen LogP contribution in [0, 0.1) is 11.8 Å². The molecule has 4 nitrogen and oxygen atoms in total. The minimum absolute atomic E-state index is 0.119. The van der Waals surface area contributed by atoms with Crippen molar-refractivity contribution in [1.29, 1.82) is 0 Å². The fraction of sp³-hybridized carbons (Fsp3) is 0.667. The number of hydrogen-bond acceptors (Lipinski definition) is 3. The van der Waals surface area contributed by atoms with Gasteiger partial charge in [-0.25, -0.2) is 8.93 Å². The molecule has 146 valence electrons. The summed E-state index contributed by atoms with van der Waals surface area (Å²) in [6.45, 7) is 10.2. The quantitative estimate of drug-likeness (QED) is 0.728. The maximum Gasteiger partial charge on any atom is 0.306 e. The van der Waals surface area contributed by atoms with Gasteiger partial charge in [0.05, 0.1) is 21.8 Å². The van der Waals surface area contributed by atoms with Crippen molar-refractivity contribution in [2.45, 2.75) is 77.2 Å². The van der Waals surface area contributed by atoms with Gasteiger partial charge in [0.15, 0.2) is 0 Å². The lowest BCUT2D eigenvalue weighted by atomic mass is 9.80. The van der Waals surface area contributed by atoms with Gasteiger partial charge in [-0.05, 0) is 51.5 Å². The van der Waals surface area contributed by atoms with Crippen LogP contribution in [0.3, 0.4) is 0 Å². The lowest BCUT2D eigenvalue weighted by Gasteiger charge is -2.39. The van der Waals surface area contributed by atoms with Crippen LogP contribution in [0.15, 0.2) is 30.3 Å². The van der Waals surface area contributed by atoms with Crippen molar-refractivity contribution < 1.29 is 13.7 Å². The third-order valence-corrected chi connectivity index (χ3v) is 6.65. The molecule has 1 aromatic carbocycles. The number of ether oxygens (including phenoxy) is 1. The highest BCUT2D eigenvalue weighted by Crippen LogP contribution is 2.32. The molecule has 1 fully saturated rings. The summed E-state index contributed by atoms with van der Waals surface area (Å²) in [5.41, 5.74) is 1.24. The maximum absolute atomic E-state index is 12.7. The van der Waals surface area contributed by atoms with Gasteiger partial charge >= 0.3 is 5.97 Å². The van der Waals surface area contributed by atoms with Gasteiger partial charge in [0, 0.05) is 12.3 Å². The molecule has 1 unspecified atom stereocenters. The van der Waals surface area contributed by atoms with Gasteiger partial charge < -0.3 is 4.74 Å². The first-order chi connectivity index (χ1) is 12.2. The van der Waals surface area contributed by atoms with E-state index in [4.69, 9.17) is 4.74 Å². The third kappa shape index (κ3) is 5.92. The van der Waals surface area contributed by atoms with Gasteiger partial charge in [-0.15, -0.1) is 0 Å². The largest absolute Gasteiger partial charge is 0.460 e. The second kappa shape index (κ2) is 9.14. The zero-order valence-electron chi connectivity index (χ0n) is 16.7. The molecule has 1 aliphatic rings. The summed E-state index contributed by atoms with van der Waals surface area (Å²) < 4.78 is 21.5. The molecule has 0 saturated carbocycles. The average molecular weight is 380 g/mol. The molecule has 0 radical (unpaired) electrons. The molecule has 5 heteroatoms. The van der Waals surface area contributed by atoms with E-state index in [-0.39, 0.29) is 28.8 Å². The molecule has 1 aliphatic heterocycles. The number of carbonyl (C=O) groups excluding carboxylic acids is 1. The lowest BCUT2D eigenvalue weighted by molar-refractivity contribution is -0.162. The molecule has 1 N–H and O–H groups in total. The maximum atomic E-state index is 12.7. The first kappa shape index (κ1) is 21.1. The Morgan fingerprint density at radius 3 is 2.46 bits per heavy atom. The topological polar surface area (TPSA) is 55.4 Å². The SMILES string of the molecule is CC(C)[C@@H]1CCC(=O)O[C@H]1[C@@H](CCc1ccccc1)NS(=O)C(C)(C)C. The van der Waals surface area contributed by atoms with Gasteiger partial charge in [0.25, 0.3) is 0 Å². The number of cyclic esters (lactones) is 1. The van der Waals surface area contributed by atoms with Crippen molar-refractivity contribution in [3.63, 3.8) is 0 Å². The summed E-state index contributed by atoms with van der Waals surface area (Å²) in [6, 6.07) is 10.2. The molecule has 1 saturated heterocycles. The van der Waals surface area contributed by atoms with Crippen molar-refractivity contribution in [1.82, 2.24) is 4.72 Å². The smallest absolute Gasteiger partial charge is 0.306 e. The van der Waals surface area contributed by atoms with Crippen LogP contribution >= 0.6 is 0 Å². The second-order valence-electron chi connectivity index (χ2n) is 8.53. The number of carbonyl (C=O) groups is 1. The highest BCUT2D eigenvalue weighted by Gasteiger charge is 2.39. The molecule has 1 heterocycles. The van der Waals surface area contributed by atoms with E-state index >= 15 is 0 Å². The van der Waals surface area contributed by atoms with Crippen molar-refractivity contribution in [2.75, 3.05) is 0 Å². The molecule has 0 aliphatic carbocycles. The van der Waals surface area contributed by atoms with Gasteiger partial charge in [-0.3, -0.25) is 4.79 Å². The predicted molar refractivity (Wildman–Crippen MR) is 107 cm³/mol. The van der Waals surface area contributed by atoms with Crippen LogP contribution < -0.4 is 4.72 Å². The Kier molecular flexibility index (Phi) is 7.42. The summed E-state index contributed by atoms with van der Waals surface area (Å²) in [4.78, 5) is 12.0. The van der Waals surface area contributed by atoms with E-state index in [0.717, 1.165) is 19.3 Å². The van der Waals surface area contributed by atoms with Gasteiger partial charge in [0.2, 0.25) is 0 Å². The summed E-state index contributed by atoms with van der Waals surface area (Å²) in [6.07, 6.45) is 2.73. The van der Waals surface area contributed by atoms with E-state index in [9.17, 15) is 9.00 Å². The monoisotopic (exact) mass is 379 g/mol. The fourth-order valence-corrected chi connectivity index (χ4v) is 4.29. The van der Waals surface area contributed by atoms with Gasteiger partial charge in [0.1, 0.15) is 6.10 Å². The first-order valence-electron chi connectivity index (χ1n) is 9.60. The van der Waals surface area contributed by atoms with Crippen LogP contribution in [0.5, 0.6) is 0 Å². The zero-order chi connectivity index (χ0) is 19.3. The number of aryl methyl sites for hydroxylation is 1. The predicted octanol–water partition coefficient (Wildman–Crippen LogP) is 4.02. The standard InChI is InChI=1S/C21H33NO3S/c1-15(2)17-12-14-19(23)25-20(17)18(22-26(24)21(3,4)5)13-11-16-9-7-6-8-10-16/h6-10,15,17-18,20,22H,11-14H2,1-5H3/t17-,18+,20+,26?/m0/s1. The Bertz CT molecular complexity index is 609. The van der Waals surface area contributed by atoms with Crippen molar-refractivity contribution in [3.8, 4) is 0 Å². The summed E-state index contributed by atoms with van der Waals surface area (Å²) in [5, 5.41) is 0. The zero-order valence-corrected chi connectivity index (χ0v) is 17.5. The first-order valence-corrected chi connectivity index (χ1v) is 10.7. The molecule has 2 rings (SSSR count). The molecule has 0 spiro atoms. The van der Waals surface area contributed by atoms with E-state index in [2.05, 4.69) is 30.7 Å². The average Bonchev–Trinajstić information content (AvgIpc) is 2.58. The Hall–Kier alpha value is -1.20. The summed E-state index contributed by atoms with van der Waals surface area (Å²) >= 11 is 0. The fourth-order valence-electron chi connectivity index (χ4n) is 3.41. The highest BCUT2D eigenvalue weighted by atomic mass is 32.2. The van der Waals surface area contributed by atoms with E-state index in [1.807, 2.05) is 39.0 Å². The Labute approximate surface area is 160 Å². The lowest BCUT2D eigenvalue weighted by Crippen LogP contribution is -2.52. The van der Waals surface area contributed by atoms with E-state index in [0.29, 0.717) is 12.3 Å². The third-order valence-electron chi connectivity index (χ3n) is 5.03. The minimum atomic E-state index is -1.21. The van der Waals surface area contributed by atoms with Crippen LogP contribution in [0.2, 0.25) is 0 Å². The molecule has 4 atom stereocenters. The molecular weight excluding hydrogens is 346 g/mol. The van der Waals surface area contributed by atoms with Crippen molar-refractivity contribution in [2.24, 2.45) is 11.8 Å². The van der Waals surface area contributed by atoms with Crippen LogP contribution in [-0.2, 0) is 26.9 Å². The summed E-state index contributed by atoms with van der Waals surface area (Å²) in [5.74, 6) is 0.565. The van der Waals surface area contributed by atoms with Crippen LogP contribution in [-0.4, -0.2) is 27.1 Å². The molecule has 0 amide bonds. The Morgan fingerprint density at radius 2 is 1.88 bits per heavy atom. The van der Waals surface area contributed by atoms with Gasteiger partial charge in [-0.2, -0.15) is 0 Å². The molecule has 0 bridgehead atoms. The highest BCUT2D eigenvalue weighted by molar-refractivity contribution is 7.84. The number of nitrogens with one attached hydrogen (secondary N) is 1.